The van der Waals surface area contributed by atoms with E-state index in [9.17, 15) is 4.79 Å². The number of para-hydroxylation sites is 1. The molecule has 0 unspecified atom stereocenters. The van der Waals surface area contributed by atoms with E-state index in [2.05, 4.69) is 6.08 Å². The Morgan fingerprint density at radius 3 is 2.58 bits per heavy atom. The third-order valence-corrected chi connectivity index (χ3v) is 3.36. The first kappa shape index (κ1) is 11.7. The molecule has 19 heavy (non-hydrogen) atoms. The molecule has 0 saturated heterocycles. The first-order valence-electron chi connectivity index (χ1n) is 6.40. The van der Waals surface area contributed by atoms with Crippen molar-refractivity contribution >= 4 is 17.7 Å². The Bertz CT molecular complexity index is 641. The van der Waals surface area contributed by atoms with Gasteiger partial charge in [0, 0.05) is 12.1 Å². The number of amides is 1. The van der Waals surface area contributed by atoms with Gasteiger partial charge in [-0.15, -0.1) is 0 Å². The number of hydrogen-bond acceptors (Lipinski definition) is 1. The van der Waals surface area contributed by atoms with Crippen LogP contribution in [0.15, 0.2) is 54.6 Å². The fourth-order valence-corrected chi connectivity index (χ4v) is 2.30. The molecule has 1 amide bonds. The first-order valence-corrected chi connectivity index (χ1v) is 6.40. The second-order valence-electron chi connectivity index (χ2n) is 4.74. The molecule has 0 N–H and O–H groups in total. The van der Waals surface area contributed by atoms with Crippen molar-refractivity contribution in [3.05, 3.63) is 71.3 Å². The summed E-state index contributed by atoms with van der Waals surface area (Å²) >= 11 is 0. The van der Waals surface area contributed by atoms with Gasteiger partial charge in [0.05, 0.1) is 5.69 Å². The van der Waals surface area contributed by atoms with Crippen LogP contribution in [0.4, 0.5) is 5.69 Å². The van der Waals surface area contributed by atoms with Crippen LogP contribution in [-0.2, 0) is 0 Å². The van der Waals surface area contributed by atoms with Crippen molar-refractivity contribution in [2.75, 3.05) is 11.4 Å². The summed E-state index contributed by atoms with van der Waals surface area (Å²) in [4.78, 5) is 14.4. The molecule has 2 heteroatoms. The van der Waals surface area contributed by atoms with E-state index in [0.717, 1.165) is 22.4 Å². The molecule has 0 fully saturated rings. The number of benzene rings is 2. The molecule has 0 radical (unpaired) electrons. The molecule has 2 nitrogen and oxygen atoms in total. The fraction of sp³-hybridized carbons (Fsp3) is 0.118. The van der Waals surface area contributed by atoms with E-state index in [-0.39, 0.29) is 5.91 Å². The average molecular weight is 249 g/mol. The van der Waals surface area contributed by atoms with Gasteiger partial charge in [-0.1, -0.05) is 48.0 Å². The maximum atomic E-state index is 12.6. The highest BCUT2D eigenvalue weighted by Crippen LogP contribution is 2.26. The normalized spacial score (nSPS) is 13.2. The van der Waals surface area contributed by atoms with E-state index < -0.39 is 0 Å². The van der Waals surface area contributed by atoms with Crippen molar-refractivity contribution in [3.63, 3.8) is 0 Å². The second-order valence-corrected chi connectivity index (χ2v) is 4.74. The monoisotopic (exact) mass is 249 g/mol. The number of carbonyl (C=O) groups excluding carboxylic acids is 1. The standard InChI is InChI=1S/C17H15NO/c1-13-8-10-15(11-9-13)17(19)18-12-4-6-14-5-2-3-7-16(14)18/h2-11H,12H2,1H3. The lowest BCUT2D eigenvalue weighted by Crippen LogP contribution is -2.32. The molecule has 3 rings (SSSR count). The lowest BCUT2D eigenvalue weighted by Gasteiger charge is -2.26. The zero-order valence-corrected chi connectivity index (χ0v) is 10.8. The molecule has 0 atom stereocenters. The minimum Gasteiger partial charge on any atom is -0.304 e. The number of nitrogens with zero attached hydrogens (tertiary/aromatic N) is 1. The highest BCUT2D eigenvalue weighted by atomic mass is 16.2. The van der Waals surface area contributed by atoms with Gasteiger partial charge in [0.15, 0.2) is 0 Å². The molecular formula is C17H15NO. The largest absolute Gasteiger partial charge is 0.304 e. The third-order valence-electron chi connectivity index (χ3n) is 3.36. The summed E-state index contributed by atoms with van der Waals surface area (Å²) in [5.41, 5.74) is 3.97. The van der Waals surface area contributed by atoms with E-state index >= 15 is 0 Å². The Kier molecular flexibility index (Phi) is 2.92. The van der Waals surface area contributed by atoms with Crippen LogP contribution in [0.5, 0.6) is 0 Å². The van der Waals surface area contributed by atoms with Crippen molar-refractivity contribution in [1.29, 1.82) is 0 Å². The maximum Gasteiger partial charge on any atom is 0.258 e. The summed E-state index contributed by atoms with van der Waals surface area (Å²) in [7, 11) is 0. The molecule has 0 aliphatic carbocycles. The van der Waals surface area contributed by atoms with Crippen LogP contribution in [0.1, 0.15) is 21.5 Å². The van der Waals surface area contributed by atoms with Gasteiger partial charge in [0.1, 0.15) is 0 Å². The molecule has 2 aromatic carbocycles. The van der Waals surface area contributed by atoms with Gasteiger partial charge < -0.3 is 4.90 Å². The van der Waals surface area contributed by atoms with Gasteiger partial charge in [0.2, 0.25) is 0 Å². The molecule has 0 bridgehead atoms. The number of aryl methyl sites for hydroxylation is 1. The molecule has 1 heterocycles. The van der Waals surface area contributed by atoms with E-state index in [4.69, 9.17) is 0 Å². The summed E-state index contributed by atoms with van der Waals surface area (Å²) < 4.78 is 0. The van der Waals surface area contributed by atoms with E-state index in [0.29, 0.717) is 6.54 Å². The van der Waals surface area contributed by atoms with Crippen LogP contribution in [0.2, 0.25) is 0 Å². The van der Waals surface area contributed by atoms with Gasteiger partial charge in [-0.2, -0.15) is 0 Å². The van der Waals surface area contributed by atoms with E-state index in [1.807, 2.05) is 66.4 Å². The Hall–Kier alpha value is -2.35. The maximum absolute atomic E-state index is 12.6. The van der Waals surface area contributed by atoms with Gasteiger partial charge in [0.25, 0.3) is 5.91 Å². The van der Waals surface area contributed by atoms with Crippen LogP contribution in [0.3, 0.4) is 0 Å². The summed E-state index contributed by atoms with van der Waals surface area (Å²) in [5, 5.41) is 0. The smallest absolute Gasteiger partial charge is 0.258 e. The summed E-state index contributed by atoms with van der Waals surface area (Å²) in [5.74, 6) is 0.0526. The quantitative estimate of drug-likeness (QED) is 0.755. The van der Waals surface area contributed by atoms with Crippen LogP contribution >= 0.6 is 0 Å². The SMILES string of the molecule is Cc1ccc(C(=O)N2CC=Cc3ccccc32)cc1. The third kappa shape index (κ3) is 2.17. The van der Waals surface area contributed by atoms with Crippen LogP contribution in [0.25, 0.3) is 6.08 Å². The highest BCUT2D eigenvalue weighted by Gasteiger charge is 2.20. The molecule has 0 spiro atoms. The van der Waals surface area contributed by atoms with Gasteiger partial charge >= 0.3 is 0 Å². The number of fused-ring (bicyclic) bond motifs is 1. The zero-order chi connectivity index (χ0) is 13.2. The van der Waals surface area contributed by atoms with E-state index in [1.54, 1.807) is 0 Å². The van der Waals surface area contributed by atoms with Crippen molar-refractivity contribution in [2.45, 2.75) is 6.92 Å². The second kappa shape index (κ2) is 4.73. The predicted molar refractivity (Wildman–Crippen MR) is 78.3 cm³/mol. The van der Waals surface area contributed by atoms with Crippen molar-refractivity contribution in [2.24, 2.45) is 0 Å². The van der Waals surface area contributed by atoms with Gasteiger partial charge in [-0.3, -0.25) is 4.79 Å². The number of rotatable bonds is 1. The van der Waals surface area contributed by atoms with Crippen molar-refractivity contribution in [3.8, 4) is 0 Å². The summed E-state index contributed by atoms with van der Waals surface area (Å²) in [6, 6.07) is 15.7. The molecule has 2 aromatic rings. The van der Waals surface area contributed by atoms with E-state index in [1.165, 1.54) is 0 Å². The Morgan fingerprint density at radius 1 is 1.05 bits per heavy atom. The molecular weight excluding hydrogens is 234 g/mol. The van der Waals surface area contributed by atoms with Crippen molar-refractivity contribution < 1.29 is 4.79 Å². The fourth-order valence-electron chi connectivity index (χ4n) is 2.30. The van der Waals surface area contributed by atoms with Gasteiger partial charge in [-0.25, -0.2) is 0 Å². The molecule has 0 saturated carbocycles. The van der Waals surface area contributed by atoms with Crippen LogP contribution < -0.4 is 4.90 Å². The Morgan fingerprint density at radius 2 is 1.79 bits per heavy atom. The molecule has 1 aliphatic rings. The summed E-state index contributed by atoms with van der Waals surface area (Å²) in [6.45, 7) is 2.65. The minimum absolute atomic E-state index is 0.0526. The number of carbonyl (C=O) groups is 1. The molecule has 94 valence electrons. The van der Waals surface area contributed by atoms with Crippen molar-refractivity contribution in [1.82, 2.24) is 0 Å². The Labute approximate surface area is 113 Å². The van der Waals surface area contributed by atoms with Gasteiger partial charge in [-0.05, 0) is 30.7 Å². The minimum atomic E-state index is 0.0526. The summed E-state index contributed by atoms with van der Waals surface area (Å²) in [6.07, 6.45) is 4.09. The lowest BCUT2D eigenvalue weighted by atomic mass is 10.1. The number of anilines is 1. The highest BCUT2D eigenvalue weighted by molar-refractivity contribution is 6.07. The average Bonchev–Trinajstić information content (AvgIpc) is 2.47. The Balaban J connectivity index is 1.97. The number of hydrogen-bond donors (Lipinski definition) is 0. The predicted octanol–water partition coefficient (Wildman–Crippen LogP) is 3.67. The molecule has 1 aliphatic heterocycles. The van der Waals surface area contributed by atoms with Crippen LogP contribution in [-0.4, -0.2) is 12.5 Å². The molecule has 0 aromatic heterocycles. The zero-order valence-electron chi connectivity index (χ0n) is 10.8. The lowest BCUT2D eigenvalue weighted by molar-refractivity contribution is 0.0989. The topological polar surface area (TPSA) is 20.3 Å². The first-order chi connectivity index (χ1) is 9.25. The van der Waals surface area contributed by atoms with Crippen LogP contribution in [0, 0.1) is 6.92 Å².